The quantitative estimate of drug-likeness (QED) is 0.218. The molecule has 0 fully saturated rings. The minimum Gasteiger partial charge on any atom is -0.0610 e. The molecule has 5 aromatic carbocycles. The minimum absolute atomic E-state index is 1.10. The molecule has 0 nitrogen and oxygen atoms in total. The Kier molecular flexibility index (Phi) is 4.54. The first-order valence-corrected chi connectivity index (χ1v) is 10.7. The Labute approximate surface area is 181 Å². The fourth-order valence-electron chi connectivity index (χ4n) is 3.81. The van der Waals surface area contributed by atoms with E-state index in [1.54, 1.807) is 0 Å². The number of rotatable bonds is 2. The molecule has 0 amide bonds. The summed E-state index contributed by atoms with van der Waals surface area (Å²) < 4.78 is 2.20. The molecule has 0 aliphatic rings. The molecule has 0 unspecified atom stereocenters. The fraction of sp³-hybridized carbons (Fsp3) is 0. The summed E-state index contributed by atoms with van der Waals surface area (Å²) in [5.74, 6) is 0. The monoisotopic (exact) mass is 486 g/mol. The van der Waals surface area contributed by atoms with Crippen LogP contribution in [0.3, 0.4) is 0 Å². The molecule has 0 bridgehead atoms. The highest BCUT2D eigenvalue weighted by atomic mass is 79.9. The maximum absolute atomic E-state index is 3.53. The first-order valence-electron chi connectivity index (χ1n) is 9.16. The number of halogens is 2. The van der Waals surface area contributed by atoms with Gasteiger partial charge in [-0.1, -0.05) is 92.5 Å². The van der Waals surface area contributed by atoms with Crippen LogP contribution in [-0.2, 0) is 0 Å². The van der Waals surface area contributed by atoms with Crippen LogP contribution in [0.5, 0.6) is 0 Å². The van der Waals surface area contributed by atoms with E-state index >= 15 is 0 Å². The zero-order valence-corrected chi connectivity index (χ0v) is 18.2. The van der Waals surface area contributed by atoms with Gasteiger partial charge in [0.05, 0.1) is 0 Å². The summed E-state index contributed by atoms with van der Waals surface area (Å²) in [5.41, 5.74) is 5.00. The average molecular weight is 488 g/mol. The summed E-state index contributed by atoms with van der Waals surface area (Å²) in [6.45, 7) is 0. The molecule has 5 rings (SSSR count). The minimum atomic E-state index is 1.10. The highest BCUT2D eigenvalue weighted by molar-refractivity contribution is 9.10. The second-order valence-electron chi connectivity index (χ2n) is 6.92. The molecule has 5 aromatic rings. The molecule has 28 heavy (non-hydrogen) atoms. The molecule has 0 heterocycles. The van der Waals surface area contributed by atoms with Gasteiger partial charge in [-0.25, -0.2) is 0 Å². The molecule has 0 radical (unpaired) electrons. The molecule has 0 aliphatic heterocycles. The third-order valence-corrected chi connectivity index (χ3v) is 6.25. The third-order valence-electron chi connectivity index (χ3n) is 5.19. The zero-order chi connectivity index (χ0) is 19.1. The van der Waals surface area contributed by atoms with Gasteiger partial charge in [-0.05, 0) is 80.2 Å². The lowest BCUT2D eigenvalue weighted by Gasteiger charge is -2.12. The topological polar surface area (TPSA) is 0 Å². The Hall–Kier alpha value is -2.42. The van der Waals surface area contributed by atoms with E-state index in [1.165, 1.54) is 43.8 Å². The Morgan fingerprint density at radius 1 is 0.429 bits per heavy atom. The van der Waals surface area contributed by atoms with Crippen molar-refractivity contribution in [3.63, 3.8) is 0 Å². The SMILES string of the molecule is Brc1ccc(-c2cccc3cc4c(-c5ccc(Br)cc5)cccc4cc23)cc1. The van der Waals surface area contributed by atoms with Crippen molar-refractivity contribution in [2.45, 2.75) is 0 Å². The molecule has 0 spiro atoms. The van der Waals surface area contributed by atoms with Gasteiger partial charge < -0.3 is 0 Å². The normalized spacial score (nSPS) is 11.2. The van der Waals surface area contributed by atoms with Crippen LogP contribution in [0.25, 0.3) is 43.8 Å². The molecular formula is C26H16Br2. The van der Waals surface area contributed by atoms with Crippen LogP contribution < -0.4 is 0 Å². The Bertz CT molecular complexity index is 1200. The number of benzene rings is 5. The molecule has 134 valence electrons. The molecular weight excluding hydrogens is 472 g/mol. The van der Waals surface area contributed by atoms with Gasteiger partial charge in [-0.15, -0.1) is 0 Å². The van der Waals surface area contributed by atoms with Crippen molar-refractivity contribution in [2.24, 2.45) is 0 Å². The predicted molar refractivity (Wildman–Crippen MR) is 128 cm³/mol. The lowest BCUT2D eigenvalue weighted by atomic mass is 9.92. The van der Waals surface area contributed by atoms with Crippen molar-refractivity contribution in [3.05, 3.63) is 106 Å². The lowest BCUT2D eigenvalue weighted by molar-refractivity contribution is 1.61. The van der Waals surface area contributed by atoms with Crippen LogP contribution in [0.4, 0.5) is 0 Å². The fourth-order valence-corrected chi connectivity index (χ4v) is 4.34. The highest BCUT2D eigenvalue weighted by Gasteiger charge is 2.09. The van der Waals surface area contributed by atoms with Crippen LogP contribution in [-0.4, -0.2) is 0 Å². The summed E-state index contributed by atoms with van der Waals surface area (Å²) in [6.07, 6.45) is 0. The summed E-state index contributed by atoms with van der Waals surface area (Å²) in [6, 6.07) is 34.8. The van der Waals surface area contributed by atoms with Crippen LogP contribution in [0.2, 0.25) is 0 Å². The first-order chi connectivity index (χ1) is 13.7. The molecule has 2 heteroatoms. The predicted octanol–water partition coefficient (Wildman–Crippen LogP) is 8.85. The van der Waals surface area contributed by atoms with Crippen molar-refractivity contribution in [1.82, 2.24) is 0 Å². The van der Waals surface area contributed by atoms with Crippen molar-refractivity contribution in [1.29, 1.82) is 0 Å². The number of hydrogen-bond acceptors (Lipinski definition) is 0. The van der Waals surface area contributed by atoms with E-state index in [9.17, 15) is 0 Å². The number of fused-ring (bicyclic) bond motifs is 2. The Balaban J connectivity index is 1.76. The van der Waals surface area contributed by atoms with Crippen molar-refractivity contribution < 1.29 is 0 Å². The average Bonchev–Trinajstić information content (AvgIpc) is 2.73. The van der Waals surface area contributed by atoms with Crippen LogP contribution in [0.15, 0.2) is 106 Å². The molecule has 0 atom stereocenters. The first kappa shape index (κ1) is 17.7. The van der Waals surface area contributed by atoms with E-state index in [1.807, 2.05) is 0 Å². The van der Waals surface area contributed by atoms with E-state index in [0.29, 0.717) is 0 Å². The van der Waals surface area contributed by atoms with Gasteiger partial charge in [0.2, 0.25) is 0 Å². The number of hydrogen-bond donors (Lipinski definition) is 0. The highest BCUT2D eigenvalue weighted by Crippen LogP contribution is 2.36. The summed E-state index contributed by atoms with van der Waals surface area (Å²) in [7, 11) is 0. The van der Waals surface area contributed by atoms with E-state index in [2.05, 4.69) is 129 Å². The maximum atomic E-state index is 3.53. The second kappa shape index (κ2) is 7.20. The van der Waals surface area contributed by atoms with E-state index < -0.39 is 0 Å². The molecule has 0 N–H and O–H groups in total. The van der Waals surface area contributed by atoms with Gasteiger partial charge >= 0.3 is 0 Å². The summed E-state index contributed by atoms with van der Waals surface area (Å²) >= 11 is 7.06. The lowest BCUT2D eigenvalue weighted by Crippen LogP contribution is -1.85. The van der Waals surface area contributed by atoms with E-state index in [0.717, 1.165) is 8.95 Å². The third kappa shape index (κ3) is 3.17. The van der Waals surface area contributed by atoms with Crippen molar-refractivity contribution >= 4 is 53.4 Å². The van der Waals surface area contributed by atoms with Gasteiger partial charge in [0.1, 0.15) is 0 Å². The van der Waals surface area contributed by atoms with Gasteiger partial charge in [0.25, 0.3) is 0 Å². The largest absolute Gasteiger partial charge is 0.0610 e. The van der Waals surface area contributed by atoms with Crippen LogP contribution in [0, 0.1) is 0 Å². The van der Waals surface area contributed by atoms with Crippen LogP contribution >= 0.6 is 31.9 Å². The van der Waals surface area contributed by atoms with Gasteiger partial charge in [0, 0.05) is 8.95 Å². The Morgan fingerprint density at radius 3 is 1.21 bits per heavy atom. The van der Waals surface area contributed by atoms with Gasteiger partial charge in [-0.3, -0.25) is 0 Å². The smallest absolute Gasteiger partial charge is 0.0175 e. The summed E-state index contributed by atoms with van der Waals surface area (Å²) in [5, 5.41) is 5.09. The summed E-state index contributed by atoms with van der Waals surface area (Å²) in [4.78, 5) is 0. The van der Waals surface area contributed by atoms with Gasteiger partial charge in [-0.2, -0.15) is 0 Å². The molecule has 0 saturated carbocycles. The second-order valence-corrected chi connectivity index (χ2v) is 8.75. The van der Waals surface area contributed by atoms with E-state index in [4.69, 9.17) is 0 Å². The molecule has 0 saturated heterocycles. The van der Waals surface area contributed by atoms with Crippen molar-refractivity contribution in [3.8, 4) is 22.3 Å². The molecule has 0 aromatic heterocycles. The van der Waals surface area contributed by atoms with Crippen molar-refractivity contribution in [2.75, 3.05) is 0 Å². The van der Waals surface area contributed by atoms with E-state index in [-0.39, 0.29) is 0 Å². The zero-order valence-electron chi connectivity index (χ0n) is 15.0. The molecule has 0 aliphatic carbocycles. The standard InChI is InChI=1S/C26H16Br2/c27-21-11-7-17(8-12-21)23-5-1-3-19-15-26-20(16-25(19)23)4-2-6-24(26)18-9-13-22(28)14-10-18/h1-16H. The van der Waals surface area contributed by atoms with Gasteiger partial charge in [0.15, 0.2) is 0 Å². The Morgan fingerprint density at radius 2 is 0.821 bits per heavy atom. The maximum Gasteiger partial charge on any atom is 0.0175 e. The van der Waals surface area contributed by atoms with Crippen LogP contribution in [0.1, 0.15) is 0 Å².